The quantitative estimate of drug-likeness (QED) is 0.411. The van der Waals surface area contributed by atoms with Crippen molar-refractivity contribution in [3.8, 4) is 0 Å². The van der Waals surface area contributed by atoms with Crippen LogP contribution in [0, 0.1) is 5.92 Å². The highest BCUT2D eigenvalue weighted by Crippen LogP contribution is 1.98. The molecule has 0 saturated carbocycles. The Morgan fingerprint density at radius 2 is 1.70 bits per heavy atom. The van der Waals surface area contributed by atoms with Gasteiger partial charge in [-0.2, -0.15) is 0 Å². The first-order valence-electron chi connectivity index (χ1n) is 4.05. The second-order valence-electron chi connectivity index (χ2n) is 2.82. The Bertz CT molecular complexity index is 107. The van der Waals surface area contributed by atoms with Gasteiger partial charge in [0.05, 0.1) is 0 Å². The SMILES string of the molecule is CC=CCCC=CC(C)C. The minimum absolute atomic E-state index is 0.700. The highest BCUT2D eigenvalue weighted by atomic mass is 13.9. The molecule has 0 atom stereocenters. The molecule has 0 saturated heterocycles. The molecular weight excluding hydrogens is 120 g/mol. The monoisotopic (exact) mass is 138 g/mol. The van der Waals surface area contributed by atoms with Crippen LogP contribution in [0.1, 0.15) is 33.6 Å². The molecule has 58 valence electrons. The molecule has 0 aromatic heterocycles. The van der Waals surface area contributed by atoms with E-state index in [-0.39, 0.29) is 0 Å². The summed E-state index contributed by atoms with van der Waals surface area (Å²) in [5.74, 6) is 0.700. The van der Waals surface area contributed by atoms with Crippen molar-refractivity contribution in [2.75, 3.05) is 0 Å². The zero-order valence-electron chi connectivity index (χ0n) is 7.30. The lowest BCUT2D eigenvalue weighted by Gasteiger charge is -1.91. The van der Waals surface area contributed by atoms with Gasteiger partial charge in [0, 0.05) is 0 Å². The summed E-state index contributed by atoms with van der Waals surface area (Å²) in [6.07, 6.45) is 11.2. The summed E-state index contributed by atoms with van der Waals surface area (Å²) in [7, 11) is 0. The molecule has 0 bridgehead atoms. The van der Waals surface area contributed by atoms with E-state index in [2.05, 4.69) is 45.1 Å². The van der Waals surface area contributed by atoms with Crippen molar-refractivity contribution < 1.29 is 0 Å². The third-order valence-corrected chi connectivity index (χ3v) is 1.26. The lowest BCUT2D eigenvalue weighted by atomic mass is 10.2. The molecule has 0 amide bonds. The lowest BCUT2D eigenvalue weighted by Crippen LogP contribution is -1.76. The number of allylic oxidation sites excluding steroid dienone is 4. The van der Waals surface area contributed by atoms with Crippen LogP contribution in [0.4, 0.5) is 0 Å². The van der Waals surface area contributed by atoms with E-state index in [1.165, 1.54) is 12.8 Å². The zero-order valence-corrected chi connectivity index (χ0v) is 7.30. The van der Waals surface area contributed by atoms with Crippen molar-refractivity contribution in [2.45, 2.75) is 33.6 Å². The van der Waals surface area contributed by atoms with Gasteiger partial charge in [-0.05, 0) is 25.7 Å². The largest absolute Gasteiger partial charge is 0.0917 e. The van der Waals surface area contributed by atoms with Gasteiger partial charge in [0.2, 0.25) is 0 Å². The van der Waals surface area contributed by atoms with Crippen LogP contribution in [-0.4, -0.2) is 0 Å². The molecule has 0 aromatic rings. The van der Waals surface area contributed by atoms with Crippen LogP contribution >= 0.6 is 0 Å². The van der Waals surface area contributed by atoms with Crippen molar-refractivity contribution in [1.29, 1.82) is 0 Å². The van der Waals surface area contributed by atoms with E-state index in [1.807, 2.05) is 0 Å². The molecule has 0 rings (SSSR count). The smallest absolute Gasteiger partial charge is 0.0290 e. The Kier molecular flexibility index (Phi) is 6.25. The molecule has 0 heterocycles. The maximum Gasteiger partial charge on any atom is -0.0290 e. The maximum atomic E-state index is 2.25. The van der Waals surface area contributed by atoms with Crippen LogP contribution in [-0.2, 0) is 0 Å². The van der Waals surface area contributed by atoms with E-state index in [1.54, 1.807) is 0 Å². The number of hydrogen-bond donors (Lipinski definition) is 0. The van der Waals surface area contributed by atoms with Gasteiger partial charge < -0.3 is 0 Å². The first kappa shape index (κ1) is 9.48. The number of unbranched alkanes of at least 4 members (excludes halogenated alkanes) is 1. The van der Waals surface area contributed by atoms with Crippen LogP contribution in [0.15, 0.2) is 24.3 Å². The molecule has 0 radical (unpaired) electrons. The Balaban J connectivity index is 3.18. The first-order chi connectivity index (χ1) is 4.77. The van der Waals surface area contributed by atoms with E-state index in [4.69, 9.17) is 0 Å². The van der Waals surface area contributed by atoms with E-state index >= 15 is 0 Å². The normalized spacial score (nSPS) is 12.4. The van der Waals surface area contributed by atoms with Crippen LogP contribution in [0.3, 0.4) is 0 Å². The maximum absolute atomic E-state index is 2.25. The predicted octanol–water partition coefficient (Wildman–Crippen LogP) is 3.55. The number of rotatable bonds is 4. The molecule has 10 heavy (non-hydrogen) atoms. The molecule has 0 aliphatic heterocycles. The fraction of sp³-hybridized carbons (Fsp3) is 0.600. The van der Waals surface area contributed by atoms with Crippen molar-refractivity contribution in [3.63, 3.8) is 0 Å². The molecule has 0 aliphatic rings. The van der Waals surface area contributed by atoms with Gasteiger partial charge in [0.1, 0.15) is 0 Å². The molecular formula is C10H18. The Labute approximate surface area is 64.6 Å². The van der Waals surface area contributed by atoms with Gasteiger partial charge in [-0.15, -0.1) is 0 Å². The topological polar surface area (TPSA) is 0 Å². The van der Waals surface area contributed by atoms with Crippen LogP contribution < -0.4 is 0 Å². The standard InChI is InChI=1S/C10H18/c1-4-5-6-7-8-9-10(2)3/h4-5,8-10H,6-7H2,1-3H3. The van der Waals surface area contributed by atoms with Gasteiger partial charge in [-0.3, -0.25) is 0 Å². The van der Waals surface area contributed by atoms with E-state index in [0.717, 1.165) is 0 Å². The number of hydrogen-bond acceptors (Lipinski definition) is 0. The molecule has 0 heteroatoms. The third kappa shape index (κ3) is 7.48. The fourth-order valence-electron chi connectivity index (χ4n) is 0.728. The average Bonchev–Trinajstić information content (AvgIpc) is 1.87. The predicted molar refractivity (Wildman–Crippen MR) is 48.0 cm³/mol. The second kappa shape index (κ2) is 6.60. The second-order valence-corrected chi connectivity index (χ2v) is 2.82. The average molecular weight is 138 g/mol. The van der Waals surface area contributed by atoms with Crippen LogP contribution in [0.2, 0.25) is 0 Å². The highest BCUT2D eigenvalue weighted by molar-refractivity contribution is 4.87. The molecule has 0 spiro atoms. The summed E-state index contributed by atoms with van der Waals surface area (Å²) in [5, 5.41) is 0. The Hall–Kier alpha value is -0.520. The molecule has 0 aromatic carbocycles. The van der Waals surface area contributed by atoms with E-state index < -0.39 is 0 Å². The van der Waals surface area contributed by atoms with Crippen molar-refractivity contribution >= 4 is 0 Å². The first-order valence-corrected chi connectivity index (χ1v) is 4.05. The summed E-state index contributed by atoms with van der Waals surface area (Å²) in [6.45, 7) is 6.46. The van der Waals surface area contributed by atoms with E-state index in [0.29, 0.717) is 5.92 Å². The van der Waals surface area contributed by atoms with Crippen molar-refractivity contribution in [1.82, 2.24) is 0 Å². The summed E-state index contributed by atoms with van der Waals surface area (Å²) in [6, 6.07) is 0. The van der Waals surface area contributed by atoms with Gasteiger partial charge in [-0.25, -0.2) is 0 Å². The molecule has 0 N–H and O–H groups in total. The van der Waals surface area contributed by atoms with Crippen LogP contribution in [0.5, 0.6) is 0 Å². The minimum Gasteiger partial charge on any atom is -0.0917 e. The summed E-state index contributed by atoms with van der Waals surface area (Å²) in [5.41, 5.74) is 0. The van der Waals surface area contributed by atoms with Crippen LogP contribution in [0.25, 0.3) is 0 Å². The molecule has 0 unspecified atom stereocenters. The van der Waals surface area contributed by atoms with Crippen molar-refractivity contribution in [3.05, 3.63) is 24.3 Å². The summed E-state index contributed by atoms with van der Waals surface area (Å²) >= 11 is 0. The molecule has 0 aliphatic carbocycles. The van der Waals surface area contributed by atoms with Gasteiger partial charge >= 0.3 is 0 Å². The summed E-state index contributed by atoms with van der Waals surface area (Å²) < 4.78 is 0. The Morgan fingerprint density at radius 1 is 1.10 bits per heavy atom. The molecule has 0 nitrogen and oxygen atoms in total. The van der Waals surface area contributed by atoms with Gasteiger partial charge in [0.15, 0.2) is 0 Å². The molecule has 0 fully saturated rings. The third-order valence-electron chi connectivity index (χ3n) is 1.26. The van der Waals surface area contributed by atoms with Gasteiger partial charge in [-0.1, -0.05) is 38.2 Å². The Morgan fingerprint density at radius 3 is 2.20 bits per heavy atom. The zero-order chi connectivity index (χ0) is 7.82. The fourth-order valence-corrected chi connectivity index (χ4v) is 0.728. The minimum atomic E-state index is 0.700. The van der Waals surface area contributed by atoms with Gasteiger partial charge in [0.25, 0.3) is 0 Å². The summed E-state index contributed by atoms with van der Waals surface area (Å²) in [4.78, 5) is 0. The van der Waals surface area contributed by atoms with E-state index in [9.17, 15) is 0 Å². The lowest BCUT2D eigenvalue weighted by molar-refractivity contribution is 0.823. The van der Waals surface area contributed by atoms with Crippen molar-refractivity contribution in [2.24, 2.45) is 5.92 Å². The highest BCUT2D eigenvalue weighted by Gasteiger charge is 1.81.